The Hall–Kier alpha value is -3.99. The van der Waals surface area contributed by atoms with Crippen LogP contribution >= 0.6 is 11.3 Å². The Bertz CT molecular complexity index is 1330. The van der Waals surface area contributed by atoms with Gasteiger partial charge in [-0.1, -0.05) is 41.7 Å². The van der Waals surface area contributed by atoms with E-state index in [1.54, 1.807) is 36.5 Å². The second-order valence-electron chi connectivity index (χ2n) is 7.71. The van der Waals surface area contributed by atoms with Gasteiger partial charge in [-0.3, -0.25) is 4.79 Å². The van der Waals surface area contributed by atoms with E-state index in [-0.39, 0.29) is 12.2 Å². The number of anilines is 3. The second-order valence-corrected chi connectivity index (χ2v) is 8.72. The van der Waals surface area contributed by atoms with E-state index in [4.69, 9.17) is 5.11 Å². The summed E-state index contributed by atoms with van der Waals surface area (Å²) in [4.78, 5) is 26.5. The number of alkyl halides is 3. The van der Waals surface area contributed by atoms with Gasteiger partial charge in [-0.05, 0) is 35.4 Å². The highest BCUT2D eigenvalue weighted by Gasteiger charge is 2.30. The summed E-state index contributed by atoms with van der Waals surface area (Å²) < 4.78 is 38.9. The topological polar surface area (TPSA) is 91.2 Å². The lowest BCUT2D eigenvalue weighted by atomic mass is 10.1. The molecule has 1 aromatic carbocycles. The molecule has 0 atom stereocenters. The largest absolute Gasteiger partial charge is 0.481 e. The molecule has 0 spiro atoms. The molecule has 4 aromatic rings. The number of aliphatic carboxylic acids is 1. The summed E-state index contributed by atoms with van der Waals surface area (Å²) in [5.74, 6) is -0.466. The smallest absolute Gasteiger partial charge is 0.416 e. The number of aromatic nitrogens is 3. The van der Waals surface area contributed by atoms with Gasteiger partial charge >= 0.3 is 12.1 Å². The zero-order valence-electron chi connectivity index (χ0n) is 18.5. The fraction of sp³-hybridized carbons (Fsp3) is 0.167. The van der Waals surface area contributed by atoms with Crippen molar-refractivity contribution in [3.05, 3.63) is 83.7 Å². The van der Waals surface area contributed by atoms with Crippen molar-refractivity contribution in [2.24, 2.45) is 0 Å². The number of nitrogens with one attached hydrogen (secondary N) is 1. The fourth-order valence-electron chi connectivity index (χ4n) is 3.29. The van der Waals surface area contributed by atoms with Gasteiger partial charge in [0.2, 0.25) is 0 Å². The number of halogens is 3. The molecular formula is C24H20F3N5O2S. The molecule has 0 radical (unpaired) electrons. The predicted molar refractivity (Wildman–Crippen MR) is 128 cm³/mol. The van der Waals surface area contributed by atoms with Gasteiger partial charge in [-0.25, -0.2) is 15.0 Å². The molecule has 0 amide bonds. The van der Waals surface area contributed by atoms with Gasteiger partial charge in [0.15, 0.2) is 5.13 Å². The Kier molecular flexibility index (Phi) is 6.97. The van der Waals surface area contributed by atoms with E-state index in [1.807, 2.05) is 24.1 Å². The predicted octanol–water partition coefficient (Wildman–Crippen LogP) is 5.63. The number of pyridine rings is 2. The van der Waals surface area contributed by atoms with Crippen LogP contribution in [-0.2, 0) is 23.9 Å². The van der Waals surface area contributed by atoms with Crippen molar-refractivity contribution in [3.8, 4) is 10.6 Å². The lowest BCUT2D eigenvalue weighted by Crippen LogP contribution is -2.15. The summed E-state index contributed by atoms with van der Waals surface area (Å²) in [5.41, 5.74) is 1.58. The molecular weight excluding hydrogens is 479 g/mol. The number of benzene rings is 1. The summed E-state index contributed by atoms with van der Waals surface area (Å²) in [6.07, 6.45) is -1.68. The standard InChI is InChI=1S/C24H20F3N5O2S/c1-32(14-16-7-5-15(6-8-16)11-22(33)34)23-29-13-19(35-23)18-3-2-4-20(30-18)31-21-12-17(9-10-28-21)24(25,26)27/h2-10,12-13H,11,14H2,1H3,(H,33,34)(H,28,30,31). The van der Waals surface area contributed by atoms with Crippen molar-refractivity contribution in [1.82, 2.24) is 15.0 Å². The van der Waals surface area contributed by atoms with Gasteiger partial charge in [0.05, 0.1) is 22.6 Å². The van der Waals surface area contributed by atoms with Crippen molar-refractivity contribution in [2.75, 3.05) is 17.3 Å². The molecule has 0 aliphatic carbocycles. The van der Waals surface area contributed by atoms with Crippen LogP contribution in [0.3, 0.4) is 0 Å². The molecule has 11 heteroatoms. The summed E-state index contributed by atoms with van der Waals surface area (Å²) in [6.45, 7) is 0.580. The second kappa shape index (κ2) is 10.1. The quantitative estimate of drug-likeness (QED) is 0.325. The Morgan fingerprint density at radius 1 is 1.06 bits per heavy atom. The summed E-state index contributed by atoms with van der Waals surface area (Å²) in [6, 6.07) is 14.4. The number of carbonyl (C=O) groups is 1. The summed E-state index contributed by atoms with van der Waals surface area (Å²) >= 11 is 1.43. The SMILES string of the molecule is CN(Cc1ccc(CC(=O)O)cc1)c1ncc(-c2cccc(Nc3cc(C(F)(F)F)ccn3)n2)s1. The van der Waals surface area contributed by atoms with E-state index in [0.717, 1.165) is 39.5 Å². The highest BCUT2D eigenvalue weighted by atomic mass is 32.1. The third-order valence-electron chi connectivity index (χ3n) is 4.96. The molecule has 0 saturated heterocycles. The maximum atomic E-state index is 13.0. The number of carboxylic acids is 1. The maximum Gasteiger partial charge on any atom is 0.416 e. The van der Waals surface area contributed by atoms with Crippen LogP contribution in [0, 0.1) is 0 Å². The fourth-order valence-corrected chi connectivity index (χ4v) is 4.13. The average molecular weight is 500 g/mol. The highest BCUT2D eigenvalue weighted by Crippen LogP contribution is 2.32. The molecule has 3 heterocycles. The van der Waals surface area contributed by atoms with Crippen molar-refractivity contribution in [1.29, 1.82) is 0 Å². The lowest BCUT2D eigenvalue weighted by Gasteiger charge is -2.15. The van der Waals surface area contributed by atoms with Crippen molar-refractivity contribution < 1.29 is 23.1 Å². The molecule has 180 valence electrons. The van der Waals surface area contributed by atoms with Gasteiger partial charge in [-0.15, -0.1) is 0 Å². The van der Waals surface area contributed by atoms with Gasteiger partial charge in [-0.2, -0.15) is 13.2 Å². The van der Waals surface area contributed by atoms with Gasteiger partial charge in [0, 0.05) is 26.0 Å². The van der Waals surface area contributed by atoms with Crippen LogP contribution in [0.2, 0.25) is 0 Å². The third kappa shape index (κ3) is 6.33. The molecule has 0 bridgehead atoms. The van der Waals surface area contributed by atoms with Crippen LogP contribution in [0.15, 0.2) is 67.0 Å². The molecule has 35 heavy (non-hydrogen) atoms. The van der Waals surface area contributed by atoms with Crippen LogP contribution in [0.5, 0.6) is 0 Å². The summed E-state index contributed by atoms with van der Waals surface area (Å²) in [5, 5.41) is 12.5. The molecule has 0 fully saturated rings. The number of hydrogen-bond donors (Lipinski definition) is 2. The highest BCUT2D eigenvalue weighted by molar-refractivity contribution is 7.18. The molecule has 0 aliphatic rings. The number of hydrogen-bond acceptors (Lipinski definition) is 7. The summed E-state index contributed by atoms with van der Waals surface area (Å²) in [7, 11) is 1.90. The third-order valence-corrected chi connectivity index (χ3v) is 6.10. The minimum absolute atomic E-state index is 0.0172. The van der Waals surface area contributed by atoms with E-state index >= 15 is 0 Å². The normalized spacial score (nSPS) is 11.3. The zero-order chi connectivity index (χ0) is 25.0. The lowest BCUT2D eigenvalue weighted by molar-refractivity contribution is -0.138. The maximum absolute atomic E-state index is 13.0. The molecule has 0 unspecified atom stereocenters. The molecule has 3 aromatic heterocycles. The van der Waals surface area contributed by atoms with E-state index < -0.39 is 17.7 Å². The molecule has 4 rings (SSSR count). The Morgan fingerprint density at radius 2 is 1.80 bits per heavy atom. The van der Waals surface area contributed by atoms with Crippen LogP contribution in [0.25, 0.3) is 10.6 Å². The van der Waals surface area contributed by atoms with Crippen molar-refractivity contribution >= 4 is 34.1 Å². The van der Waals surface area contributed by atoms with Crippen molar-refractivity contribution in [2.45, 2.75) is 19.1 Å². The Morgan fingerprint density at radius 3 is 2.51 bits per heavy atom. The average Bonchev–Trinajstić information content (AvgIpc) is 3.31. The molecule has 7 nitrogen and oxygen atoms in total. The first-order chi connectivity index (χ1) is 16.7. The number of rotatable bonds is 8. The van der Waals surface area contributed by atoms with Crippen LogP contribution < -0.4 is 10.2 Å². The van der Waals surface area contributed by atoms with Crippen LogP contribution in [0.1, 0.15) is 16.7 Å². The van der Waals surface area contributed by atoms with E-state index in [2.05, 4.69) is 20.3 Å². The van der Waals surface area contributed by atoms with Gasteiger partial charge in [0.1, 0.15) is 11.6 Å². The van der Waals surface area contributed by atoms with Gasteiger partial charge in [0.25, 0.3) is 0 Å². The monoisotopic (exact) mass is 499 g/mol. The first kappa shape index (κ1) is 24.1. The zero-order valence-corrected chi connectivity index (χ0v) is 19.3. The van der Waals surface area contributed by atoms with E-state index in [9.17, 15) is 18.0 Å². The molecule has 2 N–H and O–H groups in total. The number of carboxylic acid groups (broad SMARTS) is 1. The van der Waals surface area contributed by atoms with Gasteiger partial charge < -0.3 is 15.3 Å². The van der Waals surface area contributed by atoms with Crippen LogP contribution in [0.4, 0.5) is 29.9 Å². The Balaban J connectivity index is 1.45. The number of nitrogens with zero attached hydrogens (tertiary/aromatic N) is 4. The first-order valence-corrected chi connectivity index (χ1v) is 11.2. The minimum atomic E-state index is -4.46. The van der Waals surface area contributed by atoms with E-state index in [0.29, 0.717) is 18.1 Å². The Labute approximate surface area is 202 Å². The minimum Gasteiger partial charge on any atom is -0.481 e. The van der Waals surface area contributed by atoms with E-state index in [1.165, 1.54) is 11.3 Å². The molecule has 0 saturated carbocycles. The van der Waals surface area contributed by atoms with Crippen LogP contribution in [-0.4, -0.2) is 33.1 Å². The molecule has 0 aliphatic heterocycles. The van der Waals surface area contributed by atoms with Crippen molar-refractivity contribution in [3.63, 3.8) is 0 Å². The first-order valence-electron chi connectivity index (χ1n) is 10.4. The number of thiazole rings is 1.